The maximum absolute atomic E-state index is 12.3. The van der Waals surface area contributed by atoms with E-state index in [-0.39, 0.29) is 11.8 Å². The molecule has 2 atom stereocenters. The van der Waals surface area contributed by atoms with Gasteiger partial charge in [0.05, 0.1) is 12.3 Å². The van der Waals surface area contributed by atoms with Gasteiger partial charge in [-0.25, -0.2) is 0 Å². The Morgan fingerprint density at radius 2 is 2.35 bits per heavy atom. The zero-order valence-corrected chi connectivity index (χ0v) is 12.7. The Morgan fingerprint density at radius 3 is 3.05 bits per heavy atom. The van der Waals surface area contributed by atoms with Crippen LogP contribution >= 0.6 is 11.6 Å². The maximum atomic E-state index is 12.3. The zero-order valence-electron chi connectivity index (χ0n) is 11.9. The third-order valence-electron chi connectivity index (χ3n) is 3.50. The first-order chi connectivity index (χ1) is 9.60. The SMILES string of the molecule is CCOc1cc(Cl)ccc1NC(=O)[C@H]1CCN[C@@H](C)C1. The summed E-state index contributed by atoms with van der Waals surface area (Å²) in [6, 6.07) is 5.66. The number of hydrogen-bond donors (Lipinski definition) is 2. The molecule has 1 heterocycles. The van der Waals surface area contributed by atoms with Crippen LogP contribution in [0.25, 0.3) is 0 Å². The van der Waals surface area contributed by atoms with Crippen molar-refractivity contribution in [1.29, 1.82) is 0 Å². The van der Waals surface area contributed by atoms with Crippen molar-refractivity contribution in [3.63, 3.8) is 0 Å². The number of carbonyl (C=O) groups is 1. The fourth-order valence-corrected chi connectivity index (χ4v) is 2.64. The van der Waals surface area contributed by atoms with Gasteiger partial charge in [-0.1, -0.05) is 11.6 Å². The average molecular weight is 297 g/mol. The van der Waals surface area contributed by atoms with Crippen molar-refractivity contribution in [2.75, 3.05) is 18.5 Å². The summed E-state index contributed by atoms with van der Waals surface area (Å²) < 4.78 is 5.52. The highest BCUT2D eigenvalue weighted by Gasteiger charge is 2.25. The number of halogens is 1. The molecule has 1 amide bonds. The lowest BCUT2D eigenvalue weighted by Crippen LogP contribution is -2.40. The smallest absolute Gasteiger partial charge is 0.227 e. The minimum Gasteiger partial charge on any atom is -0.492 e. The molecule has 0 unspecified atom stereocenters. The largest absolute Gasteiger partial charge is 0.492 e. The van der Waals surface area contributed by atoms with Crippen molar-refractivity contribution in [2.24, 2.45) is 5.92 Å². The molecule has 4 nitrogen and oxygen atoms in total. The van der Waals surface area contributed by atoms with Gasteiger partial charge in [-0.05, 0) is 45.4 Å². The number of rotatable bonds is 4. The Balaban J connectivity index is 2.06. The van der Waals surface area contributed by atoms with Gasteiger partial charge in [-0.3, -0.25) is 4.79 Å². The average Bonchev–Trinajstić information content (AvgIpc) is 2.42. The monoisotopic (exact) mass is 296 g/mol. The summed E-state index contributed by atoms with van der Waals surface area (Å²) in [6.45, 7) is 5.43. The molecular formula is C15H21ClN2O2. The Bertz CT molecular complexity index is 479. The van der Waals surface area contributed by atoms with E-state index in [1.807, 2.05) is 6.92 Å². The molecule has 1 aromatic carbocycles. The van der Waals surface area contributed by atoms with Crippen molar-refractivity contribution in [1.82, 2.24) is 5.32 Å². The number of piperidine rings is 1. The van der Waals surface area contributed by atoms with Crippen LogP contribution in [-0.4, -0.2) is 25.1 Å². The van der Waals surface area contributed by atoms with E-state index in [0.29, 0.717) is 29.1 Å². The molecule has 2 rings (SSSR count). The van der Waals surface area contributed by atoms with Gasteiger partial charge in [-0.15, -0.1) is 0 Å². The molecule has 0 aliphatic carbocycles. The molecule has 5 heteroatoms. The van der Waals surface area contributed by atoms with Gasteiger partial charge in [-0.2, -0.15) is 0 Å². The molecule has 20 heavy (non-hydrogen) atoms. The van der Waals surface area contributed by atoms with E-state index >= 15 is 0 Å². The first kappa shape index (κ1) is 15.1. The van der Waals surface area contributed by atoms with Gasteiger partial charge in [0.25, 0.3) is 0 Å². The quantitative estimate of drug-likeness (QED) is 0.898. The normalized spacial score (nSPS) is 22.4. The van der Waals surface area contributed by atoms with E-state index in [2.05, 4.69) is 17.6 Å². The number of ether oxygens (including phenoxy) is 1. The molecule has 0 bridgehead atoms. The summed E-state index contributed by atoms with van der Waals surface area (Å²) in [5.41, 5.74) is 0.687. The highest BCUT2D eigenvalue weighted by molar-refractivity contribution is 6.30. The molecule has 1 aromatic rings. The molecule has 0 spiro atoms. The first-order valence-electron chi connectivity index (χ1n) is 7.06. The van der Waals surface area contributed by atoms with Crippen molar-refractivity contribution in [3.05, 3.63) is 23.2 Å². The Hall–Kier alpha value is -1.26. The van der Waals surface area contributed by atoms with Crippen LogP contribution < -0.4 is 15.4 Å². The summed E-state index contributed by atoms with van der Waals surface area (Å²) in [4.78, 5) is 12.3. The maximum Gasteiger partial charge on any atom is 0.227 e. The topological polar surface area (TPSA) is 50.4 Å². The summed E-state index contributed by atoms with van der Waals surface area (Å²) in [5, 5.41) is 6.91. The number of hydrogen-bond acceptors (Lipinski definition) is 3. The first-order valence-corrected chi connectivity index (χ1v) is 7.44. The van der Waals surface area contributed by atoms with Crippen molar-refractivity contribution >= 4 is 23.2 Å². The van der Waals surface area contributed by atoms with E-state index in [9.17, 15) is 4.79 Å². The zero-order chi connectivity index (χ0) is 14.5. The molecule has 110 valence electrons. The van der Waals surface area contributed by atoms with Crippen LogP contribution in [0.4, 0.5) is 5.69 Å². The van der Waals surface area contributed by atoms with Crippen LogP contribution in [0.3, 0.4) is 0 Å². The predicted octanol–water partition coefficient (Wildman–Crippen LogP) is 3.07. The second-order valence-corrected chi connectivity index (χ2v) is 5.58. The molecular weight excluding hydrogens is 276 g/mol. The lowest BCUT2D eigenvalue weighted by molar-refractivity contribution is -0.120. The Kier molecular flexibility index (Phi) is 5.26. The second-order valence-electron chi connectivity index (χ2n) is 5.14. The van der Waals surface area contributed by atoms with E-state index in [0.717, 1.165) is 19.4 Å². The highest BCUT2D eigenvalue weighted by Crippen LogP contribution is 2.29. The molecule has 1 fully saturated rings. The van der Waals surface area contributed by atoms with E-state index in [1.54, 1.807) is 18.2 Å². The third kappa shape index (κ3) is 3.87. The third-order valence-corrected chi connectivity index (χ3v) is 3.73. The van der Waals surface area contributed by atoms with Gasteiger partial charge < -0.3 is 15.4 Å². The lowest BCUT2D eigenvalue weighted by atomic mass is 9.92. The van der Waals surface area contributed by atoms with Crippen LogP contribution in [0, 0.1) is 5.92 Å². The molecule has 1 aliphatic rings. The molecule has 1 aliphatic heterocycles. The summed E-state index contributed by atoms with van der Waals surface area (Å²) in [5.74, 6) is 0.730. The fourth-order valence-electron chi connectivity index (χ4n) is 2.48. The molecule has 2 N–H and O–H groups in total. The number of anilines is 1. The predicted molar refractivity (Wildman–Crippen MR) is 81.4 cm³/mol. The van der Waals surface area contributed by atoms with Gasteiger partial charge in [0.2, 0.25) is 5.91 Å². The summed E-state index contributed by atoms with van der Waals surface area (Å²) in [7, 11) is 0. The van der Waals surface area contributed by atoms with Gasteiger partial charge in [0, 0.05) is 23.0 Å². The number of benzene rings is 1. The number of nitrogens with one attached hydrogen (secondary N) is 2. The molecule has 0 radical (unpaired) electrons. The van der Waals surface area contributed by atoms with Gasteiger partial charge in [0.1, 0.15) is 5.75 Å². The summed E-state index contributed by atoms with van der Waals surface area (Å²) >= 11 is 5.96. The minimum absolute atomic E-state index is 0.0522. The van der Waals surface area contributed by atoms with Crippen LogP contribution in [0.15, 0.2) is 18.2 Å². The van der Waals surface area contributed by atoms with E-state index < -0.39 is 0 Å². The van der Waals surface area contributed by atoms with Crippen LogP contribution in [0.2, 0.25) is 5.02 Å². The molecule has 0 saturated carbocycles. The van der Waals surface area contributed by atoms with E-state index in [4.69, 9.17) is 16.3 Å². The van der Waals surface area contributed by atoms with Crippen LogP contribution in [-0.2, 0) is 4.79 Å². The Labute approximate surface area is 124 Å². The van der Waals surface area contributed by atoms with Crippen LogP contribution in [0.1, 0.15) is 26.7 Å². The number of amides is 1. The Morgan fingerprint density at radius 1 is 1.55 bits per heavy atom. The molecule has 0 aromatic heterocycles. The van der Waals surface area contributed by atoms with Gasteiger partial charge in [0.15, 0.2) is 0 Å². The molecule has 1 saturated heterocycles. The fraction of sp³-hybridized carbons (Fsp3) is 0.533. The lowest BCUT2D eigenvalue weighted by Gasteiger charge is -2.27. The standard InChI is InChI=1S/C15H21ClN2O2/c1-3-20-14-9-12(16)4-5-13(14)18-15(19)11-6-7-17-10(2)8-11/h4-5,9-11,17H,3,6-8H2,1-2H3,(H,18,19)/t10-,11-/m0/s1. The van der Waals surface area contributed by atoms with Crippen LogP contribution in [0.5, 0.6) is 5.75 Å². The minimum atomic E-state index is 0.0522. The highest BCUT2D eigenvalue weighted by atomic mass is 35.5. The van der Waals surface area contributed by atoms with Gasteiger partial charge >= 0.3 is 0 Å². The van der Waals surface area contributed by atoms with Crippen molar-refractivity contribution < 1.29 is 9.53 Å². The number of carbonyl (C=O) groups excluding carboxylic acids is 1. The second kappa shape index (κ2) is 6.95. The summed E-state index contributed by atoms with van der Waals surface area (Å²) in [6.07, 6.45) is 1.73. The van der Waals surface area contributed by atoms with E-state index in [1.165, 1.54) is 0 Å². The van der Waals surface area contributed by atoms with Crippen molar-refractivity contribution in [3.8, 4) is 5.75 Å². The van der Waals surface area contributed by atoms with Crippen molar-refractivity contribution in [2.45, 2.75) is 32.7 Å².